The van der Waals surface area contributed by atoms with E-state index in [4.69, 9.17) is 23.2 Å². The van der Waals surface area contributed by atoms with Gasteiger partial charge in [0, 0.05) is 6.07 Å². The van der Waals surface area contributed by atoms with Gasteiger partial charge in [-0.1, -0.05) is 29.3 Å². The summed E-state index contributed by atoms with van der Waals surface area (Å²) in [5.41, 5.74) is -0.369. The molecule has 0 unspecified atom stereocenters. The average molecular weight is 379 g/mol. The SMILES string of the molecule is O=c1c(Br)c(Cl)ncn1Cc1c(Cl)cccc1[N+](=O)[O-]. The van der Waals surface area contributed by atoms with Gasteiger partial charge in [-0.25, -0.2) is 4.98 Å². The standard InChI is InChI=1S/C11H6BrCl2N3O3/c12-9-10(14)15-5-16(11(9)18)4-6-7(13)2-1-3-8(6)17(19)20/h1-3,5H,4H2. The van der Waals surface area contributed by atoms with E-state index >= 15 is 0 Å². The lowest BCUT2D eigenvalue weighted by Gasteiger charge is -2.08. The van der Waals surface area contributed by atoms with Crippen molar-refractivity contribution in [2.75, 3.05) is 0 Å². The first-order valence-corrected chi connectivity index (χ1v) is 6.79. The fourth-order valence-electron chi connectivity index (χ4n) is 1.60. The molecule has 0 aliphatic carbocycles. The minimum Gasteiger partial charge on any atom is -0.293 e. The molecular weight excluding hydrogens is 373 g/mol. The van der Waals surface area contributed by atoms with Crippen molar-refractivity contribution in [3.63, 3.8) is 0 Å². The Balaban J connectivity index is 2.54. The van der Waals surface area contributed by atoms with Crippen LogP contribution in [0.5, 0.6) is 0 Å². The van der Waals surface area contributed by atoms with E-state index in [0.717, 1.165) is 0 Å². The summed E-state index contributed by atoms with van der Waals surface area (Å²) in [7, 11) is 0. The average Bonchev–Trinajstić information content (AvgIpc) is 2.41. The first kappa shape index (κ1) is 15.0. The maximum Gasteiger partial charge on any atom is 0.275 e. The summed E-state index contributed by atoms with van der Waals surface area (Å²) in [6.45, 7) is -0.0718. The number of aromatic nitrogens is 2. The molecule has 0 amide bonds. The summed E-state index contributed by atoms with van der Waals surface area (Å²) in [6, 6.07) is 4.32. The van der Waals surface area contributed by atoms with Crippen molar-refractivity contribution in [3.8, 4) is 0 Å². The van der Waals surface area contributed by atoms with Crippen molar-refractivity contribution in [1.82, 2.24) is 9.55 Å². The first-order chi connectivity index (χ1) is 9.41. The molecule has 0 bridgehead atoms. The van der Waals surface area contributed by atoms with E-state index in [1.165, 1.54) is 29.1 Å². The molecule has 104 valence electrons. The maximum atomic E-state index is 12.0. The quantitative estimate of drug-likeness (QED) is 0.466. The van der Waals surface area contributed by atoms with Gasteiger partial charge in [-0.3, -0.25) is 19.5 Å². The first-order valence-electron chi connectivity index (χ1n) is 5.24. The Bertz CT molecular complexity index is 748. The molecule has 1 aromatic heterocycles. The Kier molecular flexibility index (Phi) is 4.42. The largest absolute Gasteiger partial charge is 0.293 e. The number of nitro benzene ring substituents is 1. The molecule has 0 fully saturated rings. The molecule has 20 heavy (non-hydrogen) atoms. The summed E-state index contributed by atoms with van der Waals surface area (Å²) in [5.74, 6) is 0. The molecule has 1 aromatic carbocycles. The molecule has 0 saturated heterocycles. The Morgan fingerprint density at radius 2 is 2.10 bits per heavy atom. The minimum absolute atomic E-state index is 0.0277. The zero-order chi connectivity index (χ0) is 14.9. The highest BCUT2D eigenvalue weighted by molar-refractivity contribution is 9.10. The van der Waals surface area contributed by atoms with Gasteiger partial charge >= 0.3 is 0 Å². The van der Waals surface area contributed by atoms with Crippen LogP contribution in [0.4, 0.5) is 5.69 Å². The van der Waals surface area contributed by atoms with E-state index in [-0.39, 0.29) is 32.4 Å². The Morgan fingerprint density at radius 1 is 1.40 bits per heavy atom. The fraction of sp³-hybridized carbons (Fsp3) is 0.0909. The Hall–Kier alpha value is -1.44. The molecule has 0 radical (unpaired) electrons. The third-order valence-electron chi connectivity index (χ3n) is 2.56. The zero-order valence-electron chi connectivity index (χ0n) is 9.72. The molecule has 0 aliphatic rings. The Labute approximate surface area is 131 Å². The van der Waals surface area contributed by atoms with Crippen LogP contribution < -0.4 is 5.56 Å². The van der Waals surface area contributed by atoms with Crippen LogP contribution in [0, 0.1) is 10.1 Å². The van der Waals surface area contributed by atoms with Gasteiger partial charge in [0.2, 0.25) is 0 Å². The van der Waals surface area contributed by atoms with Gasteiger partial charge in [0.25, 0.3) is 11.2 Å². The number of hydrogen-bond donors (Lipinski definition) is 0. The second-order valence-corrected chi connectivity index (χ2v) is 5.34. The van der Waals surface area contributed by atoms with Crippen molar-refractivity contribution in [1.29, 1.82) is 0 Å². The van der Waals surface area contributed by atoms with Gasteiger partial charge < -0.3 is 0 Å². The maximum absolute atomic E-state index is 12.0. The van der Waals surface area contributed by atoms with Crippen LogP contribution in [-0.4, -0.2) is 14.5 Å². The molecule has 6 nitrogen and oxygen atoms in total. The number of halogens is 3. The molecule has 0 N–H and O–H groups in total. The van der Waals surface area contributed by atoms with Crippen molar-refractivity contribution in [2.24, 2.45) is 0 Å². The van der Waals surface area contributed by atoms with Gasteiger partial charge in [0.15, 0.2) is 5.15 Å². The van der Waals surface area contributed by atoms with Crippen LogP contribution in [0.15, 0.2) is 33.8 Å². The fourth-order valence-corrected chi connectivity index (χ4v) is 2.29. The summed E-state index contributed by atoms with van der Waals surface area (Å²) in [6.07, 6.45) is 1.21. The van der Waals surface area contributed by atoms with Gasteiger partial charge in [-0.2, -0.15) is 0 Å². The normalized spacial score (nSPS) is 10.6. The smallest absolute Gasteiger partial charge is 0.275 e. The highest BCUT2D eigenvalue weighted by atomic mass is 79.9. The summed E-state index contributed by atoms with van der Waals surface area (Å²) in [5, 5.41) is 11.2. The van der Waals surface area contributed by atoms with Crippen LogP contribution in [0.2, 0.25) is 10.2 Å². The molecule has 2 aromatic rings. The summed E-state index contributed by atoms with van der Waals surface area (Å²) < 4.78 is 1.28. The third-order valence-corrected chi connectivity index (χ3v) is 4.14. The van der Waals surface area contributed by atoms with Gasteiger partial charge in [-0.05, 0) is 22.0 Å². The van der Waals surface area contributed by atoms with Crippen LogP contribution in [0.1, 0.15) is 5.56 Å². The third kappa shape index (κ3) is 2.84. The van der Waals surface area contributed by atoms with Gasteiger partial charge in [0.1, 0.15) is 4.47 Å². The minimum atomic E-state index is -0.551. The molecular formula is C11H6BrCl2N3O3. The van der Waals surface area contributed by atoms with Crippen molar-refractivity contribution in [2.45, 2.75) is 6.54 Å². The summed E-state index contributed by atoms with van der Waals surface area (Å²) in [4.78, 5) is 26.2. The van der Waals surface area contributed by atoms with Crippen LogP contribution in [0.3, 0.4) is 0 Å². The van der Waals surface area contributed by atoms with E-state index in [1.807, 2.05) is 0 Å². The topological polar surface area (TPSA) is 78.0 Å². The second kappa shape index (κ2) is 5.90. The lowest BCUT2D eigenvalue weighted by atomic mass is 10.2. The van der Waals surface area contributed by atoms with Crippen LogP contribution in [-0.2, 0) is 6.54 Å². The van der Waals surface area contributed by atoms with Crippen LogP contribution in [0.25, 0.3) is 0 Å². The summed E-state index contributed by atoms with van der Waals surface area (Å²) >= 11 is 14.7. The van der Waals surface area contributed by atoms with E-state index in [1.54, 1.807) is 0 Å². The number of benzene rings is 1. The van der Waals surface area contributed by atoms with Crippen molar-refractivity contribution >= 4 is 44.8 Å². The van der Waals surface area contributed by atoms with Gasteiger partial charge in [-0.15, -0.1) is 0 Å². The predicted molar refractivity (Wildman–Crippen MR) is 78.4 cm³/mol. The highest BCUT2D eigenvalue weighted by Crippen LogP contribution is 2.27. The van der Waals surface area contributed by atoms with E-state index in [2.05, 4.69) is 20.9 Å². The number of rotatable bonds is 3. The number of nitrogens with zero attached hydrogens (tertiary/aromatic N) is 3. The molecule has 1 heterocycles. The second-order valence-electron chi connectivity index (χ2n) is 3.78. The lowest BCUT2D eigenvalue weighted by Crippen LogP contribution is -2.22. The zero-order valence-corrected chi connectivity index (χ0v) is 12.8. The lowest BCUT2D eigenvalue weighted by molar-refractivity contribution is -0.385. The van der Waals surface area contributed by atoms with Gasteiger partial charge in [0.05, 0.1) is 28.4 Å². The monoisotopic (exact) mass is 377 g/mol. The highest BCUT2D eigenvalue weighted by Gasteiger charge is 2.18. The molecule has 9 heteroatoms. The molecule has 0 atom stereocenters. The molecule has 2 rings (SSSR count). The number of hydrogen-bond acceptors (Lipinski definition) is 4. The number of nitro groups is 1. The van der Waals surface area contributed by atoms with Crippen molar-refractivity contribution in [3.05, 3.63) is 65.2 Å². The van der Waals surface area contributed by atoms with E-state index in [9.17, 15) is 14.9 Å². The molecule has 0 saturated carbocycles. The van der Waals surface area contributed by atoms with Crippen molar-refractivity contribution < 1.29 is 4.92 Å². The van der Waals surface area contributed by atoms with E-state index in [0.29, 0.717) is 0 Å². The molecule has 0 aliphatic heterocycles. The predicted octanol–water partition coefficient (Wildman–Crippen LogP) is 3.27. The molecule has 0 spiro atoms. The van der Waals surface area contributed by atoms with E-state index < -0.39 is 10.5 Å². The Morgan fingerprint density at radius 3 is 2.75 bits per heavy atom. The van der Waals surface area contributed by atoms with Crippen LogP contribution >= 0.6 is 39.1 Å².